The molecule has 1 spiro atoms. The van der Waals surface area contributed by atoms with Gasteiger partial charge in [-0.15, -0.1) is 0 Å². The molecule has 0 bridgehead atoms. The van der Waals surface area contributed by atoms with Gasteiger partial charge in [0.05, 0.1) is 23.1 Å². The minimum atomic E-state index is -0.0496. The molecule has 2 aromatic rings. The zero-order chi connectivity index (χ0) is 19.6. The molecule has 0 aromatic carbocycles. The number of aromatic amines is 1. The molecule has 28 heavy (non-hydrogen) atoms. The lowest BCUT2D eigenvalue weighted by molar-refractivity contribution is 0.00629. The third kappa shape index (κ3) is 3.26. The number of imidazole rings is 1. The van der Waals surface area contributed by atoms with E-state index in [2.05, 4.69) is 32.1 Å². The summed E-state index contributed by atoms with van der Waals surface area (Å²) in [5.74, 6) is 0.532. The van der Waals surface area contributed by atoms with Crippen LogP contribution in [-0.2, 0) is 12.0 Å². The number of fused-ring (bicyclic) bond motifs is 2. The van der Waals surface area contributed by atoms with E-state index in [1.165, 1.54) is 24.2 Å². The molecule has 1 fully saturated rings. The van der Waals surface area contributed by atoms with Crippen molar-refractivity contribution in [2.45, 2.75) is 44.6 Å². The maximum absolute atomic E-state index is 12.9. The Hall–Kier alpha value is -2.48. The predicted octanol–water partition coefficient (Wildman–Crippen LogP) is 2.03. The highest BCUT2D eigenvalue weighted by Crippen LogP contribution is 2.42. The van der Waals surface area contributed by atoms with Crippen molar-refractivity contribution in [3.63, 3.8) is 0 Å². The van der Waals surface area contributed by atoms with Gasteiger partial charge in [-0.3, -0.25) is 9.69 Å². The number of anilines is 1. The SMILES string of the molecule is CCCCN1CCc2[nH]cnc2C12CCN(C(=O)c1cnc(NC)nc1)CC2. The van der Waals surface area contributed by atoms with Crippen LogP contribution in [0.4, 0.5) is 5.95 Å². The number of nitrogens with zero attached hydrogens (tertiary/aromatic N) is 5. The summed E-state index contributed by atoms with van der Waals surface area (Å²) in [4.78, 5) is 33.9. The number of unbranched alkanes of at least 4 members (excludes halogenated alkanes) is 1. The Morgan fingerprint density at radius 1 is 1.21 bits per heavy atom. The van der Waals surface area contributed by atoms with Crippen LogP contribution in [0.25, 0.3) is 0 Å². The molecule has 0 radical (unpaired) electrons. The Morgan fingerprint density at radius 3 is 2.64 bits per heavy atom. The topological polar surface area (TPSA) is 90.0 Å². The molecule has 0 aliphatic carbocycles. The van der Waals surface area contributed by atoms with Crippen molar-refractivity contribution in [1.82, 2.24) is 29.7 Å². The number of aromatic nitrogens is 4. The minimum Gasteiger partial charge on any atom is -0.357 e. The number of hydrogen-bond donors (Lipinski definition) is 2. The van der Waals surface area contributed by atoms with E-state index in [-0.39, 0.29) is 11.4 Å². The second kappa shape index (κ2) is 7.87. The van der Waals surface area contributed by atoms with Crippen LogP contribution in [0.15, 0.2) is 18.7 Å². The average molecular weight is 384 g/mol. The summed E-state index contributed by atoms with van der Waals surface area (Å²) in [5.41, 5.74) is 2.96. The van der Waals surface area contributed by atoms with Crippen LogP contribution in [0.5, 0.6) is 0 Å². The van der Waals surface area contributed by atoms with Crippen molar-refractivity contribution in [1.29, 1.82) is 0 Å². The highest BCUT2D eigenvalue weighted by atomic mass is 16.2. The van der Waals surface area contributed by atoms with Gasteiger partial charge in [-0.25, -0.2) is 15.0 Å². The summed E-state index contributed by atoms with van der Waals surface area (Å²) >= 11 is 0. The molecular weight excluding hydrogens is 354 g/mol. The van der Waals surface area contributed by atoms with E-state index in [1.807, 2.05) is 11.2 Å². The summed E-state index contributed by atoms with van der Waals surface area (Å²) in [6.45, 7) is 5.83. The fourth-order valence-corrected chi connectivity index (χ4v) is 4.58. The molecule has 8 nitrogen and oxygen atoms in total. The van der Waals surface area contributed by atoms with Crippen molar-refractivity contribution in [3.05, 3.63) is 35.7 Å². The van der Waals surface area contributed by atoms with E-state index in [4.69, 9.17) is 4.98 Å². The molecule has 4 rings (SSSR count). The molecule has 0 atom stereocenters. The molecule has 4 heterocycles. The van der Waals surface area contributed by atoms with Crippen molar-refractivity contribution < 1.29 is 4.79 Å². The first-order valence-electron chi connectivity index (χ1n) is 10.2. The number of nitrogens with one attached hydrogen (secondary N) is 2. The van der Waals surface area contributed by atoms with Crippen molar-refractivity contribution >= 4 is 11.9 Å². The van der Waals surface area contributed by atoms with Gasteiger partial charge in [-0.05, 0) is 25.8 Å². The number of carbonyl (C=O) groups excluding carboxylic acids is 1. The highest BCUT2D eigenvalue weighted by Gasteiger charge is 2.46. The predicted molar refractivity (Wildman–Crippen MR) is 107 cm³/mol. The van der Waals surface area contributed by atoms with Crippen molar-refractivity contribution in [2.75, 3.05) is 38.5 Å². The zero-order valence-corrected chi connectivity index (χ0v) is 16.7. The van der Waals surface area contributed by atoms with Gasteiger partial charge >= 0.3 is 0 Å². The maximum atomic E-state index is 12.9. The Labute approximate surface area is 165 Å². The van der Waals surface area contributed by atoms with Crippen molar-refractivity contribution in [2.24, 2.45) is 0 Å². The number of hydrogen-bond acceptors (Lipinski definition) is 6. The summed E-state index contributed by atoms with van der Waals surface area (Å²) in [6, 6.07) is 0. The third-order valence-electron chi connectivity index (χ3n) is 6.18. The van der Waals surface area contributed by atoms with E-state index in [0.717, 1.165) is 45.4 Å². The van der Waals surface area contributed by atoms with Gasteiger partial charge in [0.15, 0.2) is 0 Å². The molecule has 2 aliphatic rings. The molecular formula is C20H29N7O. The maximum Gasteiger partial charge on any atom is 0.256 e. The van der Waals surface area contributed by atoms with Gasteiger partial charge in [0, 0.05) is 51.2 Å². The molecule has 150 valence electrons. The smallest absolute Gasteiger partial charge is 0.256 e. The fourth-order valence-electron chi connectivity index (χ4n) is 4.58. The van der Waals surface area contributed by atoms with E-state index in [0.29, 0.717) is 11.5 Å². The second-order valence-corrected chi connectivity index (χ2v) is 7.69. The first-order chi connectivity index (χ1) is 13.7. The monoisotopic (exact) mass is 383 g/mol. The van der Waals surface area contributed by atoms with Crippen LogP contribution in [0, 0.1) is 0 Å². The first-order valence-corrected chi connectivity index (χ1v) is 10.2. The lowest BCUT2D eigenvalue weighted by Gasteiger charge is -2.50. The third-order valence-corrected chi connectivity index (χ3v) is 6.18. The number of amides is 1. The van der Waals surface area contributed by atoms with Crippen LogP contribution in [0.2, 0.25) is 0 Å². The Morgan fingerprint density at radius 2 is 1.96 bits per heavy atom. The molecule has 0 saturated carbocycles. The average Bonchev–Trinajstić information content (AvgIpc) is 3.24. The number of carbonyl (C=O) groups is 1. The highest BCUT2D eigenvalue weighted by molar-refractivity contribution is 5.93. The summed E-state index contributed by atoms with van der Waals surface area (Å²) in [5, 5.41) is 2.88. The molecule has 1 amide bonds. The second-order valence-electron chi connectivity index (χ2n) is 7.69. The number of piperidine rings is 1. The van der Waals surface area contributed by atoms with Gasteiger partial charge in [0.2, 0.25) is 5.95 Å². The lowest BCUT2D eigenvalue weighted by atomic mass is 9.78. The standard InChI is InChI=1S/C20H29N7O/c1-3-4-8-27-9-5-16-17(25-14-24-16)20(27)6-10-26(11-7-20)18(28)15-12-22-19(21-2)23-13-15/h12-14H,3-11H2,1-2H3,(H,24,25)(H,21,22,23). The molecule has 2 aromatic heterocycles. The van der Waals surface area contributed by atoms with E-state index in [9.17, 15) is 4.79 Å². The number of H-pyrrole nitrogens is 1. The molecule has 0 unspecified atom stereocenters. The summed E-state index contributed by atoms with van der Waals surface area (Å²) in [6.07, 6.45) is 10.3. The minimum absolute atomic E-state index is 0.00988. The largest absolute Gasteiger partial charge is 0.357 e. The van der Waals surface area contributed by atoms with E-state index in [1.54, 1.807) is 19.4 Å². The Bertz CT molecular complexity index is 808. The van der Waals surface area contributed by atoms with Crippen LogP contribution in [0.3, 0.4) is 0 Å². The summed E-state index contributed by atoms with van der Waals surface area (Å²) in [7, 11) is 1.76. The quantitative estimate of drug-likeness (QED) is 0.821. The van der Waals surface area contributed by atoms with E-state index < -0.39 is 0 Å². The van der Waals surface area contributed by atoms with Gasteiger partial charge in [0.25, 0.3) is 5.91 Å². The lowest BCUT2D eigenvalue weighted by Crippen LogP contribution is -2.57. The normalized spacial score (nSPS) is 18.9. The zero-order valence-electron chi connectivity index (χ0n) is 16.7. The van der Waals surface area contributed by atoms with Gasteiger partial charge in [0.1, 0.15) is 0 Å². The van der Waals surface area contributed by atoms with E-state index >= 15 is 0 Å². The number of likely N-dealkylation sites (tertiary alicyclic amines) is 1. The van der Waals surface area contributed by atoms with Crippen LogP contribution in [-0.4, -0.2) is 68.9 Å². The van der Waals surface area contributed by atoms with Crippen LogP contribution in [0.1, 0.15) is 54.4 Å². The first kappa shape index (κ1) is 18.9. The van der Waals surface area contributed by atoms with Crippen LogP contribution < -0.4 is 5.32 Å². The molecule has 1 saturated heterocycles. The van der Waals surface area contributed by atoms with Crippen molar-refractivity contribution in [3.8, 4) is 0 Å². The molecule has 8 heteroatoms. The molecule has 2 N–H and O–H groups in total. The van der Waals surface area contributed by atoms with Gasteiger partial charge in [-0.2, -0.15) is 0 Å². The molecule has 2 aliphatic heterocycles. The Balaban J connectivity index is 1.51. The number of rotatable bonds is 5. The van der Waals surface area contributed by atoms with Gasteiger partial charge in [-0.1, -0.05) is 13.3 Å². The van der Waals surface area contributed by atoms with Gasteiger partial charge < -0.3 is 15.2 Å². The van der Waals surface area contributed by atoms with Crippen LogP contribution >= 0.6 is 0 Å². The Kier molecular flexibility index (Phi) is 5.30. The fraction of sp³-hybridized carbons (Fsp3) is 0.600. The summed E-state index contributed by atoms with van der Waals surface area (Å²) < 4.78 is 0.